The second-order valence-electron chi connectivity index (χ2n) is 5.03. The Morgan fingerprint density at radius 3 is 2.88 bits per heavy atom. The lowest BCUT2D eigenvalue weighted by atomic mass is 10.2. The van der Waals surface area contributed by atoms with Gasteiger partial charge in [0.15, 0.2) is 0 Å². The third kappa shape index (κ3) is 4.32. The minimum Gasteiger partial charge on any atom is -0.492 e. The number of hydrogen-bond acceptors (Lipinski definition) is 2. The second kappa shape index (κ2) is 5.87. The first-order valence-corrected chi connectivity index (χ1v) is 7.07. The minimum absolute atomic E-state index is 0.545. The summed E-state index contributed by atoms with van der Waals surface area (Å²) in [6.45, 7) is 6.11. The summed E-state index contributed by atoms with van der Waals surface area (Å²) >= 11 is 3.53. The summed E-state index contributed by atoms with van der Waals surface area (Å²) in [5, 5.41) is 3.52. The highest BCUT2D eigenvalue weighted by atomic mass is 79.9. The van der Waals surface area contributed by atoms with Gasteiger partial charge in [0.1, 0.15) is 5.75 Å². The Morgan fingerprint density at radius 2 is 2.24 bits per heavy atom. The van der Waals surface area contributed by atoms with Crippen LogP contribution in [-0.2, 0) is 0 Å². The molecule has 2 rings (SSSR count). The van der Waals surface area contributed by atoms with E-state index in [-0.39, 0.29) is 0 Å². The van der Waals surface area contributed by atoms with Crippen LogP contribution >= 0.6 is 15.9 Å². The molecule has 0 aliphatic heterocycles. The molecular formula is C14H20BrNO. The molecule has 1 aliphatic rings. The zero-order valence-electron chi connectivity index (χ0n) is 10.5. The van der Waals surface area contributed by atoms with Crippen LogP contribution in [0.3, 0.4) is 0 Å². The average Bonchev–Trinajstić information content (AvgIpc) is 3.09. The topological polar surface area (TPSA) is 21.3 Å². The van der Waals surface area contributed by atoms with Crippen LogP contribution in [0.4, 0.5) is 0 Å². The molecule has 1 atom stereocenters. The fraction of sp³-hybridized carbons (Fsp3) is 0.571. The van der Waals surface area contributed by atoms with Gasteiger partial charge in [-0.05, 0) is 53.4 Å². The van der Waals surface area contributed by atoms with E-state index >= 15 is 0 Å². The molecule has 2 nitrogen and oxygen atoms in total. The Kier molecular flexibility index (Phi) is 4.46. The first-order chi connectivity index (χ1) is 8.15. The van der Waals surface area contributed by atoms with Gasteiger partial charge in [-0.3, -0.25) is 0 Å². The number of halogens is 1. The lowest BCUT2D eigenvalue weighted by Gasteiger charge is -2.14. The van der Waals surface area contributed by atoms with Crippen molar-refractivity contribution in [2.24, 2.45) is 5.92 Å². The van der Waals surface area contributed by atoms with E-state index in [4.69, 9.17) is 4.74 Å². The summed E-state index contributed by atoms with van der Waals surface area (Å²) in [5.41, 5.74) is 1.24. The van der Waals surface area contributed by atoms with E-state index in [1.807, 2.05) is 6.07 Å². The molecule has 0 spiro atoms. The van der Waals surface area contributed by atoms with Gasteiger partial charge in [-0.2, -0.15) is 0 Å². The van der Waals surface area contributed by atoms with Crippen LogP contribution in [0.2, 0.25) is 0 Å². The number of nitrogens with one attached hydrogen (secondary N) is 1. The molecule has 0 heterocycles. The molecule has 0 bridgehead atoms. The predicted octanol–water partition coefficient (Wildman–Crippen LogP) is 3.52. The summed E-state index contributed by atoms with van der Waals surface area (Å²) < 4.78 is 6.86. The molecular weight excluding hydrogens is 278 g/mol. The van der Waals surface area contributed by atoms with Crippen LogP contribution in [0.5, 0.6) is 5.75 Å². The zero-order chi connectivity index (χ0) is 12.3. The molecule has 1 aromatic carbocycles. The highest BCUT2D eigenvalue weighted by Crippen LogP contribution is 2.26. The van der Waals surface area contributed by atoms with Crippen molar-refractivity contribution in [1.29, 1.82) is 0 Å². The molecule has 0 amide bonds. The van der Waals surface area contributed by atoms with E-state index in [1.165, 1.54) is 18.4 Å². The molecule has 1 unspecified atom stereocenters. The van der Waals surface area contributed by atoms with Crippen LogP contribution in [0, 0.1) is 12.8 Å². The van der Waals surface area contributed by atoms with Crippen LogP contribution in [0.1, 0.15) is 25.3 Å². The fourth-order valence-corrected chi connectivity index (χ4v) is 2.28. The van der Waals surface area contributed by atoms with E-state index in [9.17, 15) is 0 Å². The van der Waals surface area contributed by atoms with Gasteiger partial charge < -0.3 is 10.1 Å². The van der Waals surface area contributed by atoms with Crippen LogP contribution in [0.25, 0.3) is 0 Å². The van der Waals surface area contributed by atoms with Crippen LogP contribution in [0.15, 0.2) is 22.7 Å². The normalized spacial score (nSPS) is 16.9. The Balaban J connectivity index is 1.75. The number of aryl methyl sites for hydroxylation is 1. The van der Waals surface area contributed by atoms with Crippen molar-refractivity contribution in [3.8, 4) is 5.75 Å². The van der Waals surface area contributed by atoms with Crippen molar-refractivity contribution >= 4 is 15.9 Å². The molecule has 1 aliphatic carbocycles. The van der Waals surface area contributed by atoms with Crippen molar-refractivity contribution in [2.45, 2.75) is 32.7 Å². The van der Waals surface area contributed by atoms with Crippen LogP contribution in [-0.4, -0.2) is 19.2 Å². The highest BCUT2D eigenvalue weighted by Gasteiger charge is 2.20. The number of hydrogen-bond donors (Lipinski definition) is 1. The first kappa shape index (κ1) is 12.9. The van der Waals surface area contributed by atoms with Gasteiger partial charge in [-0.1, -0.05) is 13.0 Å². The molecule has 1 N–H and O–H groups in total. The molecule has 0 radical (unpaired) electrons. The zero-order valence-corrected chi connectivity index (χ0v) is 12.1. The van der Waals surface area contributed by atoms with E-state index in [0.717, 1.165) is 29.4 Å². The molecule has 0 aromatic heterocycles. The summed E-state index contributed by atoms with van der Waals surface area (Å²) in [6.07, 6.45) is 2.69. The molecule has 17 heavy (non-hydrogen) atoms. The van der Waals surface area contributed by atoms with Crippen molar-refractivity contribution in [3.05, 3.63) is 28.2 Å². The molecule has 0 saturated heterocycles. The summed E-state index contributed by atoms with van der Waals surface area (Å²) in [4.78, 5) is 0. The lowest BCUT2D eigenvalue weighted by Crippen LogP contribution is -2.26. The van der Waals surface area contributed by atoms with Gasteiger partial charge >= 0.3 is 0 Å². The van der Waals surface area contributed by atoms with E-state index in [0.29, 0.717) is 5.92 Å². The maximum Gasteiger partial charge on any atom is 0.133 e. The number of ether oxygens (including phenoxy) is 1. The SMILES string of the molecule is Cc1ccc(OCC(C)CNC2CC2)c(Br)c1. The smallest absolute Gasteiger partial charge is 0.133 e. The quantitative estimate of drug-likeness (QED) is 0.867. The molecule has 3 heteroatoms. The van der Waals surface area contributed by atoms with E-state index in [2.05, 4.69) is 47.2 Å². The van der Waals surface area contributed by atoms with Gasteiger partial charge in [0, 0.05) is 18.5 Å². The Bertz CT molecular complexity index is 376. The molecule has 1 aromatic rings. The van der Waals surface area contributed by atoms with Crippen LogP contribution < -0.4 is 10.1 Å². The van der Waals surface area contributed by atoms with E-state index < -0.39 is 0 Å². The minimum atomic E-state index is 0.545. The third-order valence-corrected chi connectivity index (χ3v) is 3.56. The standard InChI is InChI=1S/C14H20BrNO/c1-10-3-6-14(13(15)7-10)17-9-11(2)8-16-12-4-5-12/h3,6-7,11-12,16H,4-5,8-9H2,1-2H3. The Hall–Kier alpha value is -0.540. The monoisotopic (exact) mass is 297 g/mol. The maximum absolute atomic E-state index is 5.82. The maximum atomic E-state index is 5.82. The Labute approximate surface area is 112 Å². The Morgan fingerprint density at radius 1 is 1.47 bits per heavy atom. The first-order valence-electron chi connectivity index (χ1n) is 6.27. The lowest BCUT2D eigenvalue weighted by molar-refractivity contribution is 0.254. The summed E-state index contributed by atoms with van der Waals surface area (Å²) in [6, 6.07) is 6.97. The van der Waals surface area contributed by atoms with Gasteiger partial charge in [0.05, 0.1) is 11.1 Å². The largest absolute Gasteiger partial charge is 0.492 e. The summed E-state index contributed by atoms with van der Waals surface area (Å²) in [5.74, 6) is 1.48. The number of benzene rings is 1. The fourth-order valence-electron chi connectivity index (χ4n) is 1.67. The average molecular weight is 298 g/mol. The van der Waals surface area contributed by atoms with Gasteiger partial charge in [0.2, 0.25) is 0 Å². The van der Waals surface area contributed by atoms with Gasteiger partial charge in [0.25, 0.3) is 0 Å². The van der Waals surface area contributed by atoms with E-state index in [1.54, 1.807) is 0 Å². The van der Waals surface area contributed by atoms with Crippen molar-refractivity contribution in [3.63, 3.8) is 0 Å². The molecule has 1 saturated carbocycles. The van der Waals surface area contributed by atoms with Crippen molar-refractivity contribution in [2.75, 3.05) is 13.2 Å². The molecule has 94 valence electrons. The second-order valence-corrected chi connectivity index (χ2v) is 5.89. The third-order valence-electron chi connectivity index (χ3n) is 2.94. The van der Waals surface area contributed by atoms with Crippen molar-refractivity contribution < 1.29 is 4.74 Å². The van der Waals surface area contributed by atoms with Gasteiger partial charge in [-0.25, -0.2) is 0 Å². The predicted molar refractivity (Wildman–Crippen MR) is 74.6 cm³/mol. The number of rotatable bonds is 6. The summed E-state index contributed by atoms with van der Waals surface area (Å²) in [7, 11) is 0. The molecule has 1 fully saturated rings. The van der Waals surface area contributed by atoms with Gasteiger partial charge in [-0.15, -0.1) is 0 Å². The van der Waals surface area contributed by atoms with Crippen molar-refractivity contribution in [1.82, 2.24) is 5.32 Å². The highest BCUT2D eigenvalue weighted by molar-refractivity contribution is 9.10.